The highest BCUT2D eigenvalue weighted by Crippen LogP contribution is 2.33. The highest BCUT2D eigenvalue weighted by atomic mass is 19.4. The molecule has 0 aliphatic rings. The van der Waals surface area contributed by atoms with Gasteiger partial charge in [-0.3, -0.25) is 0 Å². The van der Waals surface area contributed by atoms with Crippen LogP contribution >= 0.6 is 0 Å². The van der Waals surface area contributed by atoms with Crippen LogP contribution in [0.15, 0.2) is 42.7 Å². The first-order chi connectivity index (χ1) is 11.4. The van der Waals surface area contributed by atoms with Crippen molar-refractivity contribution in [2.24, 2.45) is 0 Å². The monoisotopic (exact) mass is 337 g/mol. The van der Waals surface area contributed by atoms with Crippen LogP contribution in [0.25, 0.3) is 5.65 Å². The van der Waals surface area contributed by atoms with Crippen LogP contribution in [0, 0.1) is 0 Å². The van der Waals surface area contributed by atoms with Gasteiger partial charge in [-0.2, -0.15) is 18.3 Å². The number of rotatable bonds is 4. The van der Waals surface area contributed by atoms with Gasteiger partial charge in [0.15, 0.2) is 5.65 Å². The lowest BCUT2D eigenvalue weighted by molar-refractivity contribution is -0.137. The molecule has 1 atom stereocenters. The molecule has 1 aromatic carbocycles. The van der Waals surface area contributed by atoms with Gasteiger partial charge in [-0.25, -0.2) is 9.50 Å². The normalized spacial score (nSPS) is 13.2. The van der Waals surface area contributed by atoms with Crippen LogP contribution in [0.3, 0.4) is 0 Å². The van der Waals surface area contributed by atoms with E-state index in [0.717, 1.165) is 12.1 Å². The molecule has 0 aliphatic heterocycles. The molecular formula is C16H14F3N3O2. The molecule has 126 valence electrons. The third-order valence-electron chi connectivity index (χ3n) is 3.66. The third-order valence-corrected chi connectivity index (χ3v) is 3.66. The number of methoxy groups -OCH3 is 2. The van der Waals surface area contributed by atoms with Crippen molar-refractivity contribution in [1.29, 1.82) is 0 Å². The van der Waals surface area contributed by atoms with Crippen LogP contribution in [-0.2, 0) is 10.9 Å². The predicted molar refractivity (Wildman–Crippen MR) is 79.8 cm³/mol. The summed E-state index contributed by atoms with van der Waals surface area (Å²) in [6, 6.07) is 8.25. The van der Waals surface area contributed by atoms with Crippen molar-refractivity contribution in [3.8, 4) is 5.75 Å². The SMILES string of the molecule is COc1cc(C(OC)c2ccc(C(F)(F)F)cc2)n2ncnc2c1. The summed E-state index contributed by atoms with van der Waals surface area (Å²) < 4.78 is 50.5. The van der Waals surface area contributed by atoms with E-state index in [9.17, 15) is 13.2 Å². The largest absolute Gasteiger partial charge is 0.497 e. The van der Waals surface area contributed by atoms with Gasteiger partial charge in [-0.05, 0) is 17.7 Å². The van der Waals surface area contributed by atoms with Gasteiger partial charge >= 0.3 is 6.18 Å². The molecule has 0 fully saturated rings. The molecule has 8 heteroatoms. The molecule has 0 bridgehead atoms. The van der Waals surface area contributed by atoms with E-state index in [1.54, 1.807) is 16.6 Å². The zero-order valence-corrected chi connectivity index (χ0v) is 12.9. The molecule has 0 radical (unpaired) electrons. The van der Waals surface area contributed by atoms with Crippen LogP contribution in [0.1, 0.15) is 22.9 Å². The van der Waals surface area contributed by atoms with Crippen molar-refractivity contribution in [2.45, 2.75) is 12.3 Å². The molecule has 2 aromatic heterocycles. The van der Waals surface area contributed by atoms with Gasteiger partial charge in [0.1, 0.15) is 18.2 Å². The first-order valence-electron chi connectivity index (χ1n) is 7.01. The Kier molecular flexibility index (Phi) is 4.15. The molecule has 24 heavy (non-hydrogen) atoms. The molecule has 2 heterocycles. The number of hydrogen-bond donors (Lipinski definition) is 0. The average Bonchev–Trinajstić information content (AvgIpc) is 3.03. The van der Waals surface area contributed by atoms with E-state index < -0.39 is 17.8 Å². The van der Waals surface area contributed by atoms with E-state index >= 15 is 0 Å². The van der Waals surface area contributed by atoms with Crippen molar-refractivity contribution >= 4 is 5.65 Å². The number of alkyl halides is 3. The molecule has 0 saturated heterocycles. The average molecular weight is 337 g/mol. The van der Waals surface area contributed by atoms with E-state index in [1.165, 1.54) is 32.7 Å². The van der Waals surface area contributed by atoms with Crippen molar-refractivity contribution in [3.05, 3.63) is 59.5 Å². The van der Waals surface area contributed by atoms with Gasteiger partial charge in [-0.1, -0.05) is 12.1 Å². The highest BCUT2D eigenvalue weighted by molar-refractivity contribution is 5.47. The van der Waals surface area contributed by atoms with Gasteiger partial charge in [0.05, 0.1) is 18.4 Å². The number of benzene rings is 1. The van der Waals surface area contributed by atoms with Crippen LogP contribution in [0.2, 0.25) is 0 Å². The Balaban J connectivity index is 2.07. The lowest BCUT2D eigenvalue weighted by Crippen LogP contribution is -2.11. The van der Waals surface area contributed by atoms with Gasteiger partial charge in [0.2, 0.25) is 0 Å². The fourth-order valence-corrected chi connectivity index (χ4v) is 2.50. The number of pyridine rings is 1. The van der Waals surface area contributed by atoms with Gasteiger partial charge in [0.25, 0.3) is 0 Å². The Morgan fingerprint density at radius 1 is 1.08 bits per heavy atom. The topological polar surface area (TPSA) is 48.7 Å². The Labute approximate surface area is 135 Å². The van der Waals surface area contributed by atoms with E-state index in [2.05, 4.69) is 10.1 Å². The second kappa shape index (κ2) is 6.12. The number of halogens is 3. The van der Waals surface area contributed by atoms with Crippen molar-refractivity contribution in [3.63, 3.8) is 0 Å². The van der Waals surface area contributed by atoms with E-state index in [4.69, 9.17) is 9.47 Å². The van der Waals surface area contributed by atoms with Crippen molar-refractivity contribution < 1.29 is 22.6 Å². The van der Waals surface area contributed by atoms with Crippen LogP contribution in [0.5, 0.6) is 5.75 Å². The summed E-state index contributed by atoms with van der Waals surface area (Å²) in [5.74, 6) is 0.555. The number of aromatic nitrogens is 3. The molecule has 3 rings (SSSR count). The lowest BCUT2D eigenvalue weighted by Gasteiger charge is -2.18. The Morgan fingerprint density at radius 2 is 1.79 bits per heavy atom. The zero-order valence-electron chi connectivity index (χ0n) is 12.9. The minimum atomic E-state index is -4.38. The van der Waals surface area contributed by atoms with Gasteiger partial charge in [0, 0.05) is 19.2 Å². The summed E-state index contributed by atoms with van der Waals surface area (Å²) in [6.45, 7) is 0. The molecule has 0 spiro atoms. The number of fused-ring (bicyclic) bond motifs is 1. The molecule has 0 saturated carbocycles. The molecule has 3 aromatic rings. The molecule has 0 aliphatic carbocycles. The first kappa shape index (κ1) is 16.3. The standard InChI is InChI=1S/C16H14F3N3O2/c1-23-12-7-13(22-14(8-12)20-9-21-22)15(24-2)10-3-5-11(6-4-10)16(17,18)19/h3-9,15H,1-2H3. The fraction of sp³-hybridized carbons (Fsp3) is 0.250. The lowest BCUT2D eigenvalue weighted by atomic mass is 10.0. The van der Waals surface area contributed by atoms with E-state index in [-0.39, 0.29) is 0 Å². The molecule has 1 unspecified atom stereocenters. The van der Waals surface area contributed by atoms with Crippen molar-refractivity contribution in [2.75, 3.05) is 14.2 Å². The second-order valence-electron chi connectivity index (χ2n) is 5.09. The summed E-state index contributed by atoms with van der Waals surface area (Å²) >= 11 is 0. The maximum atomic E-state index is 12.7. The summed E-state index contributed by atoms with van der Waals surface area (Å²) in [7, 11) is 3.00. The minimum absolute atomic E-state index is 0.554. The molecular weight excluding hydrogens is 323 g/mol. The Bertz CT molecular complexity index is 844. The summed E-state index contributed by atoms with van der Waals surface area (Å²) in [5.41, 5.74) is 1.01. The van der Waals surface area contributed by atoms with Gasteiger partial charge in [-0.15, -0.1) is 0 Å². The quantitative estimate of drug-likeness (QED) is 0.731. The summed E-state index contributed by atoms with van der Waals surface area (Å²) in [5, 5.41) is 4.14. The number of hydrogen-bond acceptors (Lipinski definition) is 4. The first-order valence-corrected chi connectivity index (χ1v) is 7.01. The van der Waals surface area contributed by atoms with Crippen LogP contribution < -0.4 is 4.74 Å². The zero-order chi connectivity index (χ0) is 17.3. The number of nitrogens with zero attached hydrogens (tertiary/aromatic N) is 3. The van der Waals surface area contributed by atoms with Crippen LogP contribution in [0.4, 0.5) is 13.2 Å². The predicted octanol–water partition coefficient (Wildman–Crippen LogP) is 3.49. The molecule has 0 amide bonds. The number of ether oxygens (including phenoxy) is 2. The molecule has 0 N–H and O–H groups in total. The maximum Gasteiger partial charge on any atom is 0.416 e. The van der Waals surface area contributed by atoms with Gasteiger partial charge < -0.3 is 9.47 Å². The second-order valence-corrected chi connectivity index (χ2v) is 5.09. The fourth-order valence-electron chi connectivity index (χ4n) is 2.50. The summed E-state index contributed by atoms with van der Waals surface area (Å²) in [4.78, 5) is 4.11. The molecule has 5 nitrogen and oxygen atoms in total. The third kappa shape index (κ3) is 2.92. The van der Waals surface area contributed by atoms with E-state index in [0.29, 0.717) is 22.7 Å². The van der Waals surface area contributed by atoms with Crippen LogP contribution in [-0.4, -0.2) is 28.8 Å². The van der Waals surface area contributed by atoms with Crippen molar-refractivity contribution in [1.82, 2.24) is 14.6 Å². The minimum Gasteiger partial charge on any atom is -0.497 e. The maximum absolute atomic E-state index is 12.7. The Morgan fingerprint density at radius 3 is 2.38 bits per heavy atom. The highest BCUT2D eigenvalue weighted by Gasteiger charge is 2.30. The summed E-state index contributed by atoms with van der Waals surface area (Å²) in [6.07, 6.45) is -3.61. The smallest absolute Gasteiger partial charge is 0.416 e. The Hall–Kier alpha value is -2.61. The van der Waals surface area contributed by atoms with E-state index in [1.807, 2.05) is 0 Å².